The van der Waals surface area contributed by atoms with Crippen molar-refractivity contribution in [1.82, 2.24) is 4.98 Å². The van der Waals surface area contributed by atoms with Crippen LogP contribution < -0.4 is 4.74 Å². The van der Waals surface area contributed by atoms with Gasteiger partial charge in [-0.05, 0) is 13.0 Å². The number of carboxylic acids is 1. The maximum absolute atomic E-state index is 13.0. The van der Waals surface area contributed by atoms with Crippen LogP contribution in [0.4, 0.5) is 8.78 Å². The van der Waals surface area contributed by atoms with Crippen LogP contribution in [-0.2, 0) is 10.7 Å². The van der Waals surface area contributed by atoms with Crippen LogP contribution in [0.2, 0.25) is 0 Å². The summed E-state index contributed by atoms with van der Waals surface area (Å²) in [6, 6.07) is 0.963. The van der Waals surface area contributed by atoms with Crippen LogP contribution in [0.15, 0.2) is 18.5 Å². The van der Waals surface area contributed by atoms with E-state index in [0.29, 0.717) is 6.61 Å². The second-order valence-electron chi connectivity index (χ2n) is 2.72. The van der Waals surface area contributed by atoms with Gasteiger partial charge in [-0.15, -0.1) is 0 Å². The molecule has 0 saturated heterocycles. The van der Waals surface area contributed by atoms with Gasteiger partial charge in [-0.25, -0.2) is 4.79 Å². The highest BCUT2D eigenvalue weighted by molar-refractivity contribution is 5.77. The summed E-state index contributed by atoms with van der Waals surface area (Å²) >= 11 is 0. The molecule has 0 spiro atoms. The van der Waals surface area contributed by atoms with Crippen molar-refractivity contribution in [3.63, 3.8) is 0 Å². The summed E-state index contributed by atoms with van der Waals surface area (Å²) in [5.41, 5.74) is -0.694. The van der Waals surface area contributed by atoms with Crippen molar-refractivity contribution in [1.29, 1.82) is 0 Å². The van der Waals surface area contributed by atoms with Crippen molar-refractivity contribution in [2.45, 2.75) is 12.8 Å². The lowest BCUT2D eigenvalue weighted by Gasteiger charge is -2.11. The molecule has 1 rings (SSSR count). The molecule has 0 radical (unpaired) electrons. The minimum absolute atomic E-state index is 0.121. The van der Waals surface area contributed by atoms with Crippen LogP contribution in [0, 0.1) is 0 Å². The molecular formula is C9H9F2NO3. The van der Waals surface area contributed by atoms with E-state index in [1.54, 1.807) is 6.92 Å². The Hall–Kier alpha value is -1.72. The Balaban J connectivity index is 3.04. The molecule has 0 fully saturated rings. The fraction of sp³-hybridized carbons (Fsp3) is 0.333. The van der Waals surface area contributed by atoms with Crippen molar-refractivity contribution in [3.8, 4) is 5.75 Å². The molecule has 15 heavy (non-hydrogen) atoms. The highest BCUT2D eigenvalue weighted by atomic mass is 19.3. The molecule has 1 aromatic rings. The van der Waals surface area contributed by atoms with Gasteiger partial charge in [-0.2, -0.15) is 8.78 Å². The van der Waals surface area contributed by atoms with E-state index in [4.69, 9.17) is 9.84 Å². The fourth-order valence-corrected chi connectivity index (χ4v) is 0.960. The lowest BCUT2D eigenvalue weighted by atomic mass is 10.1. The first-order valence-corrected chi connectivity index (χ1v) is 4.18. The number of aliphatic carboxylic acids is 1. The van der Waals surface area contributed by atoms with Crippen molar-refractivity contribution in [2.75, 3.05) is 6.61 Å². The topological polar surface area (TPSA) is 59.4 Å². The number of hydrogen-bond donors (Lipinski definition) is 1. The molecule has 0 aliphatic rings. The van der Waals surface area contributed by atoms with Crippen molar-refractivity contribution < 1.29 is 23.4 Å². The number of halogens is 2. The molecule has 0 aliphatic heterocycles. The van der Waals surface area contributed by atoms with Gasteiger partial charge < -0.3 is 9.84 Å². The summed E-state index contributed by atoms with van der Waals surface area (Å²) in [5.74, 6) is -6.03. The minimum atomic E-state index is -3.94. The average Bonchev–Trinajstić information content (AvgIpc) is 2.18. The molecule has 6 heteroatoms. The van der Waals surface area contributed by atoms with Gasteiger partial charge in [-0.1, -0.05) is 0 Å². The fourth-order valence-electron chi connectivity index (χ4n) is 0.960. The maximum Gasteiger partial charge on any atom is 0.379 e. The maximum atomic E-state index is 13.0. The number of ether oxygens (including phenoxy) is 1. The lowest BCUT2D eigenvalue weighted by molar-refractivity contribution is -0.166. The first kappa shape index (κ1) is 11.4. The Bertz CT molecular complexity index is 368. The summed E-state index contributed by atoms with van der Waals surface area (Å²) in [6.07, 6.45) is 2.04. The first-order chi connectivity index (χ1) is 6.98. The number of carbonyl (C=O) groups is 1. The van der Waals surface area contributed by atoms with Gasteiger partial charge >= 0.3 is 11.9 Å². The smallest absolute Gasteiger partial charge is 0.379 e. The predicted molar refractivity (Wildman–Crippen MR) is 46.9 cm³/mol. The normalized spacial score (nSPS) is 11.1. The zero-order valence-corrected chi connectivity index (χ0v) is 7.91. The summed E-state index contributed by atoms with van der Waals surface area (Å²) in [7, 11) is 0. The summed E-state index contributed by atoms with van der Waals surface area (Å²) in [5, 5.41) is 8.30. The molecular weight excluding hydrogens is 208 g/mol. The number of alkyl halides is 2. The van der Waals surface area contributed by atoms with E-state index in [-0.39, 0.29) is 5.75 Å². The molecule has 0 atom stereocenters. The number of pyridine rings is 1. The molecule has 0 aromatic carbocycles. The van der Waals surface area contributed by atoms with Crippen LogP contribution in [-0.4, -0.2) is 22.7 Å². The SMILES string of the molecule is CCOc1cncc(C(F)(F)C(=O)O)c1. The minimum Gasteiger partial charge on any atom is -0.492 e. The lowest BCUT2D eigenvalue weighted by Crippen LogP contribution is -2.25. The number of rotatable bonds is 4. The standard InChI is InChI=1S/C9H9F2NO3/c1-2-15-7-3-6(4-12-5-7)9(10,11)8(13)14/h3-5H,2H2,1H3,(H,13,14). The predicted octanol–water partition coefficient (Wildman–Crippen LogP) is 1.66. The average molecular weight is 217 g/mol. The second kappa shape index (κ2) is 4.20. The Morgan fingerprint density at radius 2 is 2.27 bits per heavy atom. The zero-order chi connectivity index (χ0) is 11.5. The van der Waals surface area contributed by atoms with Crippen LogP contribution in [0.5, 0.6) is 5.75 Å². The monoisotopic (exact) mass is 217 g/mol. The molecule has 0 aliphatic carbocycles. The van der Waals surface area contributed by atoms with Crippen molar-refractivity contribution in [3.05, 3.63) is 24.0 Å². The highest BCUT2D eigenvalue weighted by Crippen LogP contribution is 2.29. The van der Waals surface area contributed by atoms with E-state index in [1.165, 1.54) is 6.20 Å². The van der Waals surface area contributed by atoms with Gasteiger partial charge in [0, 0.05) is 6.20 Å². The third-order valence-corrected chi connectivity index (χ3v) is 1.66. The molecule has 0 amide bonds. The zero-order valence-electron chi connectivity index (χ0n) is 7.91. The van der Waals surface area contributed by atoms with Crippen LogP contribution in [0.25, 0.3) is 0 Å². The number of hydrogen-bond acceptors (Lipinski definition) is 3. The van der Waals surface area contributed by atoms with Crippen molar-refractivity contribution in [2.24, 2.45) is 0 Å². The summed E-state index contributed by atoms with van der Waals surface area (Å²) in [4.78, 5) is 13.8. The first-order valence-electron chi connectivity index (χ1n) is 4.18. The molecule has 1 heterocycles. The van der Waals surface area contributed by atoms with Gasteiger partial charge in [0.25, 0.3) is 0 Å². The van der Waals surface area contributed by atoms with Gasteiger partial charge in [0.15, 0.2) is 0 Å². The number of carboxylic acid groups (broad SMARTS) is 1. The van der Waals surface area contributed by atoms with Gasteiger partial charge in [-0.3, -0.25) is 4.98 Å². The quantitative estimate of drug-likeness (QED) is 0.833. The van der Waals surface area contributed by atoms with Gasteiger partial charge in [0.2, 0.25) is 0 Å². The third-order valence-electron chi connectivity index (χ3n) is 1.66. The van der Waals surface area contributed by atoms with E-state index >= 15 is 0 Å². The van der Waals surface area contributed by atoms with Crippen molar-refractivity contribution >= 4 is 5.97 Å². The second-order valence-corrected chi connectivity index (χ2v) is 2.72. The molecule has 1 aromatic heterocycles. The molecule has 4 nitrogen and oxygen atoms in total. The molecule has 0 unspecified atom stereocenters. The van der Waals surface area contributed by atoms with E-state index in [2.05, 4.69) is 4.98 Å². The largest absolute Gasteiger partial charge is 0.492 e. The van der Waals surface area contributed by atoms with E-state index in [0.717, 1.165) is 12.3 Å². The Labute approximate surface area is 84.5 Å². The van der Waals surface area contributed by atoms with E-state index in [1.807, 2.05) is 0 Å². The number of aromatic nitrogens is 1. The molecule has 0 bridgehead atoms. The van der Waals surface area contributed by atoms with Crippen LogP contribution in [0.3, 0.4) is 0 Å². The Morgan fingerprint density at radius 3 is 2.80 bits per heavy atom. The Kier molecular flexibility index (Phi) is 3.18. The number of nitrogens with zero attached hydrogens (tertiary/aromatic N) is 1. The highest BCUT2D eigenvalue weighted by Gasteiger charge is 2.41. The molecule has 0 saturated carbocycles. The van der Waals surface area contributed by atoms with Gasteiger partial charge in [0.05, 0.1) is 18.4 Å². The molecule has 82 valence electrons. The van der Waals surface area contributed by atoms with Gasteiger partial charge in [0.1, 0.15) is 5.75 Å². The third kappa shape index (κ3) is 2.39. The van der Waals surface area contributed by atoms with Crippen LogP contribution >= 0.6 is 0 Å². The summed E-state index contributed by atoms with van der Waals surface area (Å²) in [6.45, 7) is 1.98. The summed E-state index contributed by atoms with van der Waals surface area (Å²) < 4.78 is 30.9. The van der Waals surface area contributed by atoms with Crippen LogP contribution in [0.1, 0.15) is 12.5 Å². The molecule has 1 N–H and O–H groups in total. The Morgan fingerprint density at radius 1 is 1.60 bits per heavy atom. The van der Waals surface area contributed by atoms with E-state index < -0.39 is 17.5 Å². The van der Waals surface area contributed by atoms with E-state index in [9.17, 15) is 13.6 Å².